The van der Waals surface area contributed by atoms with Crippen LogP contribution in [0.25, 0.3) is 0 Å². The fourth-order valence-electron chi connectivity index (χ4n) is 1.82. The van der Waals surface area contributed by atoms with Gasteiger partial charge in [0.2, 0.25) is 0 Å². The van der Waals surface area contributed by atoms with Crippen LogP contribution in [0.15, 0.2) is 42.5 Å². The van der Waals surface area contributed by atoms with Gasteiger partial charge in [0.15, 0.2) is 0 Å². The molecule has 0 aromatic heterocycles. The van der Waals surface area contributed by atoms with Crippen molar-refractivity contribution >= 4 is 5.97 Å². The minimum atomic E-state index is -1.54. The Labute approximate surface area is 107 Å². The molecule has 0 heterocycles. The molecule has 0 aliphatic heterocycles. The Kier molecular flexibility index (Phi) is 3.57. The average Bonchev–Trinajstić information content (AvgIpc) is 2.40. The predicted octanol–water partition coefficient (Wildman–Crippen LogP) is 2.74. The third-order valence-electron chi connectivity index (χ3n) is 2.74. The van der Waals surface area contributed by atoms with Crippen molar-refractivity contribution in [2.75, 3.05) is 0 Å². The molecule has 1 atom stereocenters. The Balaban J connectivity index is 2.53. The molecule has 2 aromatic rings. The first-order chi connectivity index (χ1) is 9.00. The second-order valence-electron chi connectivity index (χ2n) is 3.96. The molecular weight excluding hydrogens is 254 g/mol. The highest BCUT2D eigenvalue weighted by atomic mass is 19.1. The lowest BCUT2D eigenvalue weighted by Crippen LogP contribution is -2.09. The highest BCUT2D eigenvalue weighted by molar-refractivity contribution is 5.89. The zero-order chi connectivity index (χ0) is 14.0. The number of carboxylic acids is 1. The van der Waals surface area contributed by atoms with Crippen molar-refractivity contribution in [3.05, 3.63) is 70.8 Å². The van der Waals surface area contributed by atoms with Gasteiger partial charge >= 0.3 is 5.97 Å². The van der Waals surface area contributed by atoms with Crippen LogP contribution in [-0.2, 0) is 0 Å². The van der Waals surface area contributed by atoms with Gasteiger partial charge in [-0.15, -0.1) is 0 Å². The van der Waals surface area contributed by atoms with Gasteiger partial charge in [-0.05, 0) is 29.8 Å². The molecule has 0 amide bonds. The molecule has 2 N–H and O–H groups in total. The van der Waals surface area contributed by atoms with Gasteiger partial charge in [-0.2, -0.15) is 0 Å². The van der Waals surface area contributed by atoms with Gasteiger partial charge in [0.05, 0.1) is 5.56 Å². The van der Waals surface area contributed by atoms with Gasteiger partial charge in [0.1, 0.15) is 17.7 Å². The molecule has 5 heteroatoms. The van der Waals surface area contributed by atoms with Crippen LogP contribution >= 0.6 is 0 Å². The third-order valence-corrected chi connectivity index (χ3v) is 2.74. The highest BCUT2D eigenvalue weighted by Crippen LogP contribution is 2.27. The molecule has 0 saturated carbocycles. The number of benzene rings is 2. The molecule has 0 fully saturated rings. The number of carboxylic acid groups (broad SMARTS) is 1. The number of hydrogen-bond acceptors (Lipinski definition) is 2. The van der Waals surface area contributed by atoms with E-state index in [1.165, 1.54) is 24.3 Å². The van der Waals surface area contributed by atoms with Gasteiger partial charge in [0.25, 0.3) is 0 Å². The summed E-state index contributed by atoms with van der Waals surface area (Å²) in [4.78, 5) is 11.0. The van der Waals surface area contributed by atoms with Crippen molar-refractivity contribution < 1.29 is 23.8 Å². The van der Waals surface area contributed by atoms with Crippen molar-refractivity contribution in [1.82, 2.24) is 0 Å². The van der Waals surface area contributed by atoms with Crippen LogP contribution in [0.5, 0.6) is 0 Å². The lowest BCUT2D eigenvalue weighted by molar-refractivity contribution is 0.0691. The molecular formula is C14H10F2O3. The van der Waals surface area contributed by atoms with E-state index in [9.17, 15) is 18.7 Å². The largest absolute Gasteiger partial charge is 0.478 e. The van der Waals surface area contributed by atoms with Crippen LogP contribution in [0.1, 0.15) is 27.6 Å². The first-order valence-electron chi connectivity index (χ1n) is 5.46. The zero-order valence-electron chi connectivity index (χ0n) is 9.68. The molecule has 0 spiro atoms. The van der Waals surface area contributed by atoms with Crippen molar-refractivity contribution in [2.24, 2.45) is 0 Å². The molecule has 0 aliphatic carbocycles. The van der Waals surface area contributed by atoms with Crippen LogP contribution in [0.3, 0.4) is 0 Å². The standard InChI is InChI=1S/C14H10F2O3/c15-8-5-6-12(16)11(7-8)13(17)9-3-1-2-4-10(9)14(18)19/h1-7,13,17H,(H,18,19). The van der Waals surface area contributed by atoms with E-state index in [0.29, 0.717) is 0 Å². The topological polar surface area (TPSA) is 57.5 Å². The van der Waals surface area contributed by atoms with E-state index in [4.69, 9.17) is 5.11 Å². The molecule has 0 bridgehead atoms. The molecule has 2 rings (SSSR count). The summed E-state index contributed by atoms with van der Waals surface area (Å²) in [6, 6.07) is 8.31. The van der Waals surface area contributed by atoms with E-state index in [1.807, 2.05) is 0 Å². The van der Waals surface area contributed by atoms with Crippen LogP contribution in [0.4, 0.5) is 8.78 Å². The fraction of sp³-hybridized carbons (Fsp3) is 0.0714. The number of aliphatic hydroxyl groups excluding tert-OH is 1. The lowest BCUT2D eigenvalue weighted by Gasteiger charge is -2.14. The van der Waals surface area contributed by atoms with E-state index in [1.54, 1.807) is 0 Å². The van der Waals surface area contributed by atoms with Crippen LogP contribution < -0.4 is 0 Å². The fourth-order valence-corrected chi connectivity index (χ4v) is 1.82. The van der Waals surface area contributed by atoms with Gasteiger partial charge in [-0.1, -0.05) is 18.2 Å². The van der Waals surface area contributed by atoms with Gasteiger partial charge in [-0.25, -0.2) is 13.6 Å². The normalized spacial score (nSPS) is 12.2. The molecule has 98 valence electrons. The van der Waals surface area contributed by atoms with Gasteiger partial charge in [-0.3, -0.25) is 0 Å². The van der Waals surface area contributed by atoms with E-state index in [0.717, 1.165) is 18.2 Å². The number of aromatic carboxylic acids is 1. The summed E-state index contributed by atoms with van der Waals surface area (Å²) < 4.78 is 26.7. The Morgan fingerprint density at radius 2 is 1.74 bits per heavy atom. The molecule has 1 unspecified atom stereocenters. The maximum Gasteiger partial charge on any atom is 0.336 e. The summed E-state index contributed by atoms with van der Waals surface area (Å²) in [5, 5.41) is 19.1. The number of rotatable bonds is 3. The number of carbonyl (C=O) groups is 1. The van der Waals surface area contributed by atoms with Crippen LogP contribution in [0.2, 0.25) is 0 Å². The smallest absolute Gasteiger partial charge is 0.336 e. The van der Waals surface area contributed by atoms with Crippen LogP contribution in [-0.4, -0.2) is 16.2 Å². The van der Waals surface area contributed by atoms with E-state index in [-0.39, 0.29) is 16.7 Å². The monoisotopic (exact) mass is 264 g/mol. The summed E-state index contributed by atoms with van der Waals surface area (Å²) in [6.45, 7) is 0. The first-order valence-corrected chi connectivity index (χ1v) is 5.46. The lowest BCUT2D eigenvalue weighted by atomic mass is 9.96. The highest BCUT2D eigenvalue weighted by Gasteiger charge is 2.21. The minimum absolute atomic E-state index is 0.0134. The number of aliphatic hydroxyl groups is 1. The number of halogens is 2. The Hall–Kier alpha value is -2.27. The summed E-state index contributed by atoms with van der Waals surface area (Å²) in [5.41, 5.74) is -0.438. The van der Waals surface area contributed by atoms with Crippen molar-refractivity contribution in [3.8, 4) is 0 Å². The molecule has 19 heavy (non-hydrogen) atoms. The number of hydrogen-bond donors (Lipinski definition) is 2. The van der Waals surface area contributed by atoms with Crippen molar-refractivity contribution in [1.29, 1.82) is 0 Å². The van der Waals surface area contributed by atoms with E-state index in [2.05, 4.69) is 0 Å². The molecule has 3 nitrogen and oxygen atoms in total. The maximum atomic E-state index is 13.6. The van der Waals surface area contributed by atoms with Gasteiger partial charge < -0.3 is 10.2 Å². The van der Waals surface area contributed by atoms with Crippen molar-refractivity contribution in [3.63, 3.8) is 0 Å². The molecule has 2 aromatic carbocycles. The zero-order valence-corrected chi connectivity index (χ0v) is 9.68. The predicted molar refractivity (Wildman–Crippen MR) is 63.8 cm³/mol. The molecule has 0 aliphatic rings. The third kappa shape index (κ3) is 2.61. The summed E-state index contributed by atoms with van der Waals surface area (Å²) >= 11 is 0. The maximum absolute atomic E-state index is 13.6. The molecule has 0 radical (unpaired) electrons. The SMILES string of the molecule is O=C(O)c1ccccc1C(O)c1cc(F)ccc1F. The van der Waals surface area contributed by atoms with Gasteiger partial charge in [0, 0.05) is 5.56 Å². The Bertz CT molecular complexity index is 626. The van der Waals surface area contributed by atoms with E-state index < -0.39 is 23.7 Å². The molecule has 0 saturated heterocycles. The van der Waals surface area contributed by atoms with E-state index >= 15 is 0 Å². The second kappa shape index (κ2) is 5.16. The second-order valence-corrected chi connectivity index (χ2v) is 3.96. The van der Waals surface area contributed by atoms with Crippen LogP contribution in [0, 0.1) is 11.6 Å². The average molecular weight is 264 g/mol. The summed E-state index contributed by atoms with van der Waals surface area (Å²) in [5.74, 6) is -2.75. The first kappa shape index (κ1) is 13.2. The Morgan fingerprint density at radius 3 is 2.42 bits per heavy atom. The quantitative estimate of drug-likeness (QED) is 0.896. The summed E-state index contributed by atoms with van der Waals surface area (Å²) in [7, 11) is 0. The Morgan fingerprint density at radius 1 is 1.05 bits per heavy atom. The van der Waals surface area contributed by atoms with Crippen molar-refractivity contribution in [2.45, 2.75) is 6.10 Å². The minimum Gasteiger partial charge on any atom is -0.478 e. The summed E-state index contributed by atoms with van der Waals surface area (Å²) in [6.07, 6.45) is -1.54.